The van der Waals surface area contributed by atoms with Crippen molar-refractivity contribution in [3.8, 4) is 6.07 Å². The second-order valence-electron chi connectivity index (χ2n) is 4.77. The van der Waals surface area contributed by atoms with Crippen molar-refractivity contribution >= 4 is 0 Å². The maximum absolute atomic E-state index is 8.77. The number of hydrogen-bond donors (Lipinski definition) is 0. The van der Waals surface area contributed by atoms with Crippen LogP contribution in [0.15, 0.2) is 0 Å². The van der Waals surface area contributed by atoms with Crippen LogP contribution in [0.25, 0.3) is 0 Å². The third-order valence-corrected chi connectivity index (χ3v) is 2.99. The van der Waals surface area contributed by atoms with Gasteiger partial charge < -0.3 is 4.74 Å². The molecule has 1 aliphatic carbocycles. The number of nitriles is 1. The number of rotatable bonds is 6. The first-order valence-corrected chi connectivity index (χ1v) is 6.04. The van der Waals surface area contributed by atoms with E-state index >= 15 is 0 Å². The molecule has 5 nitrogen and oxygen atoms in total. The first-order valence-electron chi connectivity index (χ1n) is 6.04. The van der Waals surface area contributed by atoms with Crippen LogP contribution in [0.1, 0.15) is 37.1 Å². The van der Waals surface area contributed by atoms with Crippen molar-refractivity contribution in [3.05, 3.63) is 11.4 Å². The highest BCUT2D eigenvalue weighted by Crippen LogP contribution is 2.41. The molecule has 0 spiro atoms. The molecule has 1 unspecified atom stereocenters. The molecule has 5 heteroatoms. The van der Waals surface area contributed by atoms with Crippen molar-refractivity contribution < 1.29 is 4.74 Å². The van der Waals surface area contributed by atoms with E-state index < -0.39 is 0 Å². The van der Waals surface area contributed by atoms with Gasteiger partial charge in [-0.15, -0.1) is 5.10 Å². The second-order valence-corrected chi connectivity index (χ2v) is 4.77. The molecule has 0 amide bonds. The standard InChI is InChI=1S/C12H18N4O/c1-9(8-17-2)7-16-12(10-3-4-10)11(5-6-13)14-15-16/h9-10H,3-5,7-8H2,1-2H3. The van der Waals surface area contributed by atoms with E-state index in [4.69, 9.17) is 10.00 Å². The molecule has 92 valence electrons. The molecule has 0 N–H and O–H groups in total. The number of aromatic nitrogens is 3. The van der Waals surface area contributed by atoms with Crippen LogP contribution in [0, 0.1) is 17.2 Å². The molecule has 17 heavy (non-hydrogen) atoms. The van der Waals surface area contributed by atoms with Crippen LogP contribution in [0.3, 0.4) is 0 Å². The Hall–Kier alpha value is -1.41. The quantitative estimate of drug-likeness (QED) is 0.748. The van der Waals surface area contributed by atoms with Crippen LogP contribution in [0.2, 0.25) is 0 Å². The van der Waals surface area contributed by atoms with Gasteiger partial charge in [-0.25, -0.2) is 4.68 Å². The third-order valence-electron chi connectivity index (χ3n) is 2.99. The molecule has 1 fully saturated rings. The Morgan fingerprint density at radius 3 is 2.94 bits per heavy atom. The molecule has 2 rings (SSSR count). The topological polar surface area (TPSA) is 63.7 Å². The van der Waals surface area contributed by atoms with Gasteiger partial charge in [0.1, 0.15) is 5.69 Å². The van der Waals surface area contributed by atoms with Gasteiger partial charge in [-0.05, 0) is 18.8 Å². The van der Waals surface area contributed by atoms with Crippen LogP contribution in [-0.2, 0) is 17.7 Å². The van der Waals surface area contributed by atoms with E-state index in [0.29, 0.717) is 18.3 Å². The lowest BCUT2D eigenvalue weighted by Crippen LogP contribution is -2.15. The lowest BCUT2D eigenvalue weighted by atomic mass is 10.1. The van der Waals surface area contributed by atoms with Gasteiger partial charge in [0.2, 0.25) is 0 Å². The Balaban J connectivity index is 2.13. The third kappa shape index (κ3) is 2.83. The zero-order chi connectivity index (χ0) is 12.3. The predicted octanol–water partition coefficient (Wildman–Crippen LogP) is 1.50. The van der Waals surface area contributed by atoms with Crippen LogP contribution < -0.4 is 0 Å². The van der Waals surface area contributed by atoms with Crippen molar-refractivity contribution in [1.82, 2.24) is 15.0 Å². The zero-order valence-corrected chi connectivity index (χ0v) is 10.4. The maximum atomic E-state index is 8.77. The zero-order valence-electron chi connectivity index (χ0n) is 10.4. The predicted molar refractivity (Wildman–Crippen MR) is 62.4 cm³/mol. The first kappa shape index (κ1) is 12.1. The van der Waals surface area contributed by atoms with Gasteiger partial charge in [0, 0.05) is 19.6 Å². The molecule has 1 heterocycles. The Morgan fingerprint density at radius 2 is 2.35 bits per heavy atom. The lowest BCUT2D eigenvalue weighted by molar-refractivity contribution is 0.148. The fraction of sp³-hybridized carbons (Fsp3) is 0.750. The largest absolute Gasteiger partial charge is 0.384 e. The normalized spacial score (nSPS) is 16.8. The van der Waals surface area contributed by atoms with E-state index in [-0.39, 0.29) is 0 Å². The summed E-state index contributed by atoms with van der Waals surface area (Å²) >= 11 is 0. The van der Waals surface area contributed by atoms with E-state index in [0.717, 1.165) is 18.8 Å². The molecular formula is C12H18N4O. The van der Waals surface area contributed by atoms with E-state index in [9.17, 15) is 0 Å². The molecule has 0 radical (unpaired) electrons. The molecule has 1 atom stereocenters. The van der Waals surface area contributed by atoms with Gasteiger partial charge in [0.15, 0.2) is 0 Å². The van der Waals surface area contributed by atoms with Crippen molar-refractivity contribution in [2.75, 3.05) is 13.7 Å². The van der Waals surface area contributed by atoms with Gasteiger partial charge in [0.25, 0.3) is 0 Å². The molecule has 0 saturated heterocycles. The molecule has 0 bridgehead atoms. The summed E-state index contributed by atoms with van der Waals surface area (Å²) in [6.07, 6.45) is 2.76. The maximum Gasteiger partial charge on any atom is 0.100 e. The molecule has 1 aliphatic rings. The number of ether oxygens (including phenoxy) is 1. The van der Waals surface area contributed by atoms with Gasteiger partial charge >= 0.3 is 0 Å². The van der Waals surface area contributed by atoms with Crippen molar-refractivity contribution in [1.29, 1.82) is 5.26 Å². The number of hydrogen-bond acceptors (Lipinski definition) is 4. The van der Waals surface area contributed by atoms with Crippen LogP contribution in [0.4, 0.5) is 0 Å². The van der Waals surface area contributed by atoms with Gasteiger partial charge in [0.05, 0.1) is 24.8 Å². The Kier molecular flexibility index (Phi) is 3.75. The highest BCUT2D eigenvalue weighted by Gasteiger charge is 2.31. The fourth-order valence-electron chi connectivity index (χ4n) is 2.13. The summed E-state index contributed by atoms with van der Waals surface area (Å²) in [5.41, 5.74) is 2.04. The van der Waals surface area contributed by atoms with Crippen LogP contribution in [0.5, 0.6) is 0 Å². The van der Waals surface area contributed by atoms with Gasteiger partial charge in [-0.3, -0.25) is 0 Å². The summed E-state index contributed by atoms with van der Waals surface area (Å²) in [7, 11) is 1.71. The monoisotopic (exact) mass is 234 g/mol. The van der Waals surface area contributed by atoms with E-state index in [1.165, 1.54) is 18.5 Å². The average molecular weight is 234 g/mol. The number of methoxy groups -OCH3 is 1. The fourth-order valence-corrected chi connectivity index (χ4v) is 2.13. The minimum Gasteiger partial charge on any atom is -0.384 e. The second kappa shape index (κ2) is 5.28. The van der Waals surface area contributed by atoms with Crippen molar-refractivity contribution in [2.45, 2.75) is 38.6 Å². The highest BCUT2D eigenvalue weighted by atomic mass is 16.5. The van der Waals surface area contributed by atoms with Crippen LogP contribution in [-0.4, -0.2) is 28.7 Å². The van der Waals surface area contributed by atoms with Crippen molar-refractivity contribution in [3.63, 3.8) is 0 Å². The molecule has 1 saturated carbocycles. The van der Waals surface area contributed by atoms with E-state index in [2.05, 4.69) is 23.3 Å². The summed E-state index contributed by atoms with van der Waals surface area (Å²) in [6, 6.07) is 2.16. The number of nitrogens with zero attached hydrogens (tertiary/aromatic N) is 4. The lowest BCUT2D eigenvalue weighted by Gasteiger charge is -2.12. The summed E-state index contributed by atoms with van der Waals surface area (Å²) in [5.74, 6) is 0.984. The summed E-state index contributed by atoms with van der Waals surface area (Å²) in [6.45, 7) is 3.67. The van der Waals surface area contributed by atoms with Gasteiger partial charge in [-0.2, -0.15) is 5.26 Å². The molecule has 0 aromatic carbocycles. The Labute approximate surface area is 101 Å². The highest BCUT2D eigenvalue weighted by molar-refractivity contribution is 5.22. The summed E-state index contributed by atoms with van der Waals surface area (Å²) < 4.78 is 7.10. The van der Waals surface area contributed by atoms with Crippen molar-refractivity contribution in [2.24, 2.45) is 5.92 Å². The van der Waals surface area contributed by atoms with E-state index in [1.54, 1.807) is 7.11 Å². The SMILES string of the molecule is COCC(C)Cn1nnc(CC#N)c1C1CC1. The molecule has 1 aromatic heterocycles. The Morgan fingerprint density at radius 1 is 1.59 bits per heavy atom. The van der Waals surface area contributed by atoms with Crippen LogP contribution >= 0.6 is 0 Å². The summed E-state index contributed by atoms with van der Waals surface area (Å²) in [5, 5.41) is 17.1. The summed E-state index contributed by atoms with van der Waals surface area (Å²) in [4.78, 5) is 0. The Bertz CT molecular complexity index is 417. The van der Waals surface area contributed by atoms with E-state index in [1.807, 2.05) is 4.68 Å². The first-order chi connectivity index (χ1) is 8.26. The average Bonchev–Trinajstić information content (AvgIpc) is 3.05. The molecule has 0 aliphatic heterocycles. The van der Waals surface area contributed by atoms with Gasteiger partial charge in [-0.1, -0.05) is 12.1 Å². The molecule has 1 aromatic rings. The minimum atomic E-state index is 0.366. The molecular weight excluding hydrogens is 216 g/mol. The minimum absolute atomic E-state index is 0.366. The smallest absolute Gasteiger partial charge is 0.100 e.